The molecule has 2 aliphatic rings. The second kappa shape index (κ2) is 9.20. The first-order chi connectivity index (χ1) is 11.7. The topological polar surface area (TPSA) is 61.4 Å². The summed E-state index contributed by atoms with van der Waals surface area (Å²) in [6, 6.07) is 8.39. The second-order valence-corrected chi connectivity index (χ2v) is 6.85. The summed E-state index contributed by atoms with van der Waals surface area (Å²) in [7, 11) is 0. The van der Waals surface area contributed by atoms with Gasteiger partial charge in [0.1, 0.15) is 0 Å². The predicted octanol–water partition coefficient (Wildman–Crippen LogP) is 2.28. The number of hydrogen-bond donors (Lipinski definition) is 2. The van der Waals surface area contributed by atoms with Gasteiger partial charge in [-0.2, -0.15) is 0 Å². The zero-order chi connectivity index (χ0) is 16.9. The summed E-state index contributed by atoms with van der Waals surface area (Å²) in [5.41, 5.74) is 2.19. The van der Waals surface area contributed by atoms with Gasteiger partial charge in [0, 0.05) is 24.7 Å². The number of carbonyl (C=O) groups excluding carboxylic acids is 2. The van der Waals surface area contributed by atoms with E-state index < -0.39 is 0 Å². The molecule has 2 N–H and O–H groups in total. The van der Waals surface area contributed by atoms with Gasteiger partial charge in [-0.25, -0.2) is 0 Å². The van der Waals surface area contributed by atoms with Gasteiger partial charge in [0.05, 0.1) is 5.92 Å². The highest BCUT2D eigenvalue weighted by molar-refractivity contribution is 6.00. The molecule has 6 heteroatoms. The number of carbonyl (C=O) groups is 2. The maximum atomic E-state index is 12.5. The van der Waals surface area contributed by atoms with Crippen molar-refractivity contribution in [3.05, 3.63) is 29.8 Å². The molecule has 0 spiro atoms. The number of rotatable bonds is 5. The van der Waals surface area contributed by atoms with Gasteiger partial charge in [-0.15, -0.1) is 12.4 Å². The minimum absolute atomic E-state index is 0. The SMILES string of the molecule is CCCc1ccc(N2CC(C(=O)NC3CCNCC3)CC2=O)cc1.Cl. The maximum Gasteiger partial charge on any atom is 0.227 e. The Kier molecular flexibility index (Phi) is 7.26. The first-order valence-electron chi connectivity index (χ1n) is 9.07. The van der Waals surface area contributed by atoms with Gasteiger partial charge < -0.3 is 15.5 Å². The molecule has 1 aromatic carbocycles. The van der Waals surface area contributed by atoms with Crippen LogP contribution >= 0.6 is 12.4 Å². The molecule has 2 fully saturated rings. The Labute approximate surface area is 155 Å². The van der Waals surface area contributed by atoms with Gasteiger partial charge >= 0.3 is 0 Å². The normalized spacial score (nSPS) is 21.1. The molecule has 1 atom stereocenters. The molecular formula is C19H28ClN3O2. The molecule has 0 aromatic heterocycles. The van der Waals surface area contributed by atoms with Crippen LogP contribution in [0.2, 0.25) is 0 Å². The van der Waals surface area contributed by atoms with E-state index >= 15 is 0 Å². The summed E-state index contributed by atoms with van der Waals surface area (Å²) in [6.07, 6.45) is 4.41. The molecule has 2 aliphatic heterocycles. The third-order valence-corrected chi connectivity index (χ3v) is 4.97. The summed E-state index contributed by atoms with van der Waals surface area (Å²) in [6.45, 7) is 4.54. The van der Waals surface area contributed by atoms with E-state index in [1.807, 2.05) is 12.1 Å². The smallest absolute Gasteiger partial charge is 0.227 e. The first kappa shape index (κ1) is 19.7. The van der Waals surface area contributed by atoms with E-state index in [-0.39, 0.29) is 36.2 Å². The van der Waals surface area contributed by atoms with Gasteiger partial charge in [0.25, 0.3) is 0 Å². The van der Waals surface area contributed by atoms with Gasteiger partial charge in [-0.3, -0.25) is 9.59 Å². The monoisotopic (exact) mass is 365 g/mol. The van der Waals surface area contributed by atoms with Crippen molar-refractivity contribution in [2.75, 3.05) is 24.5 Å². The Bertz CT molecular complexity index is 585. The van der Waals surface area contributed by atoms with E-state index in [2.05, 4.69) is 29.7 Å². The lowest BCUT2D eigenvalue weighted by atomic mass is 10.0. The molecule has 2 amide bonds. The third-order valence-electron chi connectivity index (χ3n) is 4.97. The van der Waals surface area contributed by atoms with Gasteiger partial charge in [0.2, 0.25) is 11.8 Å². The van der Waals surface area contributed by atoms with E-state index in [0.717, 1.165) is 44.5 Å². The Balaban J connectivity index is 0.00000225. The fraction of sp³-hybridized carbons (Fsp3) is 0.579. The van der Waals surface area contributed by atoms with E-state index in [1.165, 1.54) is 5.56 Å². The predicted molar refractivity (Wildman–Crippen MR) is 102 cm³/mol. The molecule has 25 heavy (non-hydrogen) atoms. The fourth-order valence-electron chi connectivity index (χ4n) is 3.55. The van der Waals surface area contributed by atoms with E-state index in [0.29, 0.717) is 13.0 Å². The third kappa shape index (κ3) is 4.95. The van der Waals surface area contributed by atoms with Crippen LogP contribution in [0.3, 0.4) is 0 Å². The lowest BCUT2D eigenvalue weighted by Gasteiger charge is -2.25. The van der Waals surface area contributed by atoms with Gasteiger partial charge in [0.15, 0.2) is 0 Å². The number of amides is 2. The van der Waals surface area contributed by atoms with Crippen LogP contribution in [-0.4, -0.2) is 37.5 Å². The zero-order valence-electron chi connectivity index (χ0n) is 14.8. The Morgan fingerprint density at radius 2 is 1.92 bits per heavy atom. The number of nitrogens with one attached hydrogen (secondary N) is 2. The number of hydrogen-bond acceptors (Lipinski definition) is 3. The molecule has 0 radical (unpaired) electrons. The Morgan fingerprint density at radius 3 is 2.56 bits per heavy atom. The number of nitrogens with zero attached hydrogens (tertiary/aromatic N) is 1. The van der Waals surface area contributed by atoms with Crippen LogP contribution in [0.15, 0.2) is 24.3 Å². The number of anilines is 1. The summed E-state index contributed by atoms with van der Waals surface area (Å²) < 4.78 is 0. The average Bonchev–Trinajstić information content (AvgIpc) is 2.99. The second-order valence-electron chi connectivity index (χ2n) is 6.85. The summed E-state index contributed by atoms with van der Waals surface area (Å²) in [5, 5.41) is 6.41. The molecule has 3 rings (SSSR count). The number of piperidine rings is 1. The van der Waals surface area contributed by atoms with Crippen molar-refractivity contribution in [3.8, 4) is 0 Å². The summed E-state index contributed by atoms with van der Waals surface area (Å²) in [4.78, 5) is 26.5. The highest BCUT2D eigenvalue weighted by Crippen LogP contribution is 2.26. The number of aryl methyl sites for hydroxylation is 1. The standard InChI is InChI=1S/C19H27N3O2.ClH/c1-2-3-14-4-6-17(7-5-14)22-13-15(12-18(22)23)19(24)21-16-8-10-20-11-9-16;/h4-7,15-16,20H,2-3,8-13H2,1H3,(H,21,24);1H. The largest absolute Gasteiger partial charge is 0.353 e. The van der Waals surface area contributed by atoms with Crippen molar-refractivity contribution in [2.24, 2.45) is 5.92 Å². The van der Waals surface area contributed by atoms with Crippen molar-refractivity contribution in [1.82, 2.24) is 10.6 Å². The van der Waals surface area contributed by atoms with Crippen molar-refractivity contribution in [3.63, 3.8) is 0 Å². The highest BCUT2D eigenvalue weighted by atomic mass is 35.5. The lowest BCUT2D eigenvalue weighted by molar-refractivity contribution is -0.127. The van der Waals surface area contributed by atoms with Crippen molar-refractivity contribution in [2.45, 2.75) is 45.1 Å². The van der Waals surface area contributed by atoms with E-state index in [4.69, 9.17) is 0 Å². The Hall–Kier alpha value is -1.59. The average molecular weight is 366 g/mol. The zero-order valence-corrected chi connectivity index (χ0v) is 15.6. The highest BCUT2D eigenvalue weighted by Gasteiger charge is 2.35. The lowest BCUT2D eigenvalue weighted by Crippen LogP contribution is -2.45. The number of halogens is 1. The minimum Gasteiger partial charge on any atom is -0.353 e. The van der Waals surface area contributed by atoms with Crippen LogP contribution in [-0.2, 0) is 16.0 Å². The molecule has 1 aromatic rings. The van der Waals surface area contributed by atoms with Crippen LogP contribution in [0, 0.1) is 5.92 Å². The molecule has 0 aliphatic carbocycles. The van der Waals surface area contributed by atoms with Crippen LogP contribution in [0.25, 0.3) is 0 Å². The molecular weight excluding hydrogens is 338 g/mol. The van der Waals surface area contributed by atoms with Crippen LogP contribution in [0.4, 0.5) is 5.69 Å². The number of benzene rings is 1. The molecule has 0 bridgehead atoms. The Morgan fingerprint density at radius 1 is 1.24 bits per heavy atom. The first-order valence-corrected chi connectivity index (χ1v) is 9.07. The van der Waals surface area contributed by atoms with Crippen LogP contribution < -0.4 is 15.5 Å². The van der Waals surface area contributed by atoms with Crippen molar-refractivity contribution >= 4 is 29.9 Å². The summed E-state index contributed by atoms with van der Waals surface area (Å²) >= 11 is 0. The minimum atomic E-state index is -0.234. The molecule has 1 unspecified atom stereocenters. The summed E-state index contributed by atoms with van der Waals surface area (Å²) in [5.74, 6) is -0.160. The van der Waals surface area contributed by atoms with E-state index in [9.17, 15) is 9.59 Å². The molecule has 138 valence electrons. The molecule has 0 saturated carbocycles. The van der Waals surface area contributed by atoms with Gasteiger partial charge in [-0.05, 0) is 50.0 Å². The van der Waals surface area contributed by atoms with E-state index in [1.54, 1.807) is 4.90 Å². The van der Waals surface area contributed by atoms with Gasteiger partial charge in [-0.1, -0.05) is 25.5 Å². The molecule has 2 heterocycles. The molecule has 2 saturated heterocycles. The van der Waals surface area contributed by atoms with Crippen LogP contribution in [0.1, 0.15) is 38.2 Å². The van der Waals surface area contributed by atoms with Crippen molar-refractivity contribution < 1.29 is 9.59 Å². The fourth-order valence-corrected chi connectivity index (χ4v) is 3.55. The van der Waals surface area contributed by atoms with Crippen molar-refractivity contribution in [1.29, 1.82) is 0 Å². The van der Waals surface area contributed by atoms with Crippen LogP contribution in [0.5, 0.6) is 0 Å². The maximum absolute atomic E-state index is 12.5. The molecule has 5 nitrogen and oxygen atoms in total. The quantitative estimate of drug-likeness (QED) is 0.841.